The summed E-state index contributed by atoms with van der Waals surface area (Å²) in [4.78, 5) is -0.0873. The summed E-state index contributed by atoms with van der Waals surface area (Å²) in [7, 11) is -3.93. The molecule has 0 unspecified atom stereocenters. The molecule has 0 saturated heterocycles. The smallest absolute Gasteiger partial charge is 0.261 e. The van der Waals surface area contributed by atoms with Gasteiger partial charge in [0, 0.05) is 0 Å². The third-order valence-electron chi connectivity index (χ3n) is 3.67. The lowest BCUT2D eigenvalue weighted by Crippen LogP contribution is -2.21. The molecule has 0 fully saturated rings. The first-order valence-corrected chi connectivity index (χ1v) is 9.94. The van der Waals surface area contributed by atoms with Crippen molar-refractivity contribution in [1.82, 2.24) is 0 Å². The summed E-state index contributed by atoms with van der Waals surface area (Å²) >= 11 is 5.18. The average Bonchev–Trinajstić information content (AvgIpc) is 2.65. The Morgan fingerprint density at radius 2 is 1.29 bits per heavy atom. The zero-order chi connectivity index (χ0) is 20.1. The van der Waals surface area contributed by atoms with Crippen molar-refractivity contribution < 1.29 is 17.2 Å². The topological polar surface area (TPSA) is 70.2 Å². The molecule has 0 aromatic heterocycles. The van der Waals surface area contributed by atoms with Gasteiger partial charge in [-0.2, -0.15) is 0 Å². The van der Waals surface area contributed by atoms with Gasteiger partial charge in [0.2, 0.25) is 0 Å². The number of thiocarbonyl (C=S) groups is 1. The van der Waals surface area contributed by atoms with E-state index in [4.69, 9.17) is 12.2 Å². The monoisotopic (exact) mass is 419 g/mol. The van der Waals surface area contributed by atoms with E-state index in [9.17, 15) is 17.2 Å². The predicted octanol–water partition coefficient (Wildman–Crippen LogP) is 4.57. The van der Waals surface area contributed by atoms with E-state index in [-0.39, 0.29) is 21.4 Å². The van der Waals surface area contributed by atoms with Crippen LogP contribution in [0.15, 0.2) is 77.7 Å². The van der Waals surface area contributed by atoms with E-state index < -0.39 is 21.7 Å². The van der Waals surface area contributed by atoms with Crippen LogP contribution in [0.5, 0.6) is 0 Å². The standard InChI is InChI=1S/C19H15F2N3O2S2/c20-13-9-11-14(12-10-13)28(25,26)24-18-8-4-3-7-17(18)23-19(27)22-16-6-2-1-5-15(16)21/h1-12,24H,(H2,22,23,27). The zero-order valence-corrected chi connectivity index (χ0v) is 16.0. The Hall–Kier alpha value is -3.04. The van der Waals surface area contributed by atoms with Gasteiger partial charge < -0.3 is 10.6 Å². The highest BCUT2D eigenvalue weighted by Crippen LogP contribution is 2.25. The molecule has 3 aromatic carbocycles. The first-order valence-electron chi connectivity index (χ1n) is 8.05. The van der Waals surface area contributed by atoms with E-state index in [0.29, 0.717) is 5.69 Å². The molecular formula is C19H15F2N3O2S2. The SMILES string of the molecule is O=S(=O)(Nc1ccccc1NC(=S)Nc1ccccc1F)c1ccc(F)cc1. The van der Waals surface area contributed by atoms with Crippen molar-refractivity contribution in [3.63, 3.8) is 0 Å². The van der Waals surface area contributed by atoms with E-state index in [2.05, 4.69) is 15.4 Å². The van der Waals surface area contributed by atoms with Crippen molar-refractivity contribution in [2.24, 2.45) is 0 Å². The predicted molar refractivity (Wildman–Crippen MR) is 110 cm³/mol. The highest BCUT2D eigenvalue weighted by atomic mass is 32.2. The largest absolute Gasteiger partial charge is 0.331 e. The van der Waals surface area contributed by atoms with Gasteiger partial charge in [0.1, 0.15) is 11.6 Å². The Labute approximate surface area is 166 Å². The lowest BCUT2D eigenvalue weighted by Gasteiger charge is -2.16. The maximum absolute atomic E-state index is 13.7. The number of para-hydroxylation sites is 3. The molecule has 3 aromatic rings. The van der Waals surface area contributed by atoms with Crippen LogP contribution in [0.1, 0.15) is 0 Å². The molecule has 5 nitrogen and oxygen atoms in total. The van der Waals surface area contributed by atoms with Crippen LogP contribution >= 0.6 is 12.2 Å². The van der Waals surface area contributed by atoms with Crippen LogP contribution < -0.4 is 15.4 Å². The molecule has 0 atom stereocenters. The van der Waals surface area contributed by atoms with E-state index in [0.717, 1.165) is 24.3 Å². The molecule has 144 valence electrons. The fourth-order valence-electron chi connectivity index (χ4n) is 2.34. The molecule has 0 bridgehead atoms. The van der Waals surface area contributed by atoms with Crippen LogP contribution in [0.2, 0.25) is 0 Å². The second kappa shape index (κ2) is 8.32. The fraction of sp³-hybridized carbons (Fsp3) is 0. The number of rotatable bonds is 5. The Kier molecular flexibility index (Phi) is 5.86. The van der Waals surface area contributed by atoms with Gasteiger partial charge in [0.05, 0.1) is 22.0 Å². The number of hydrogen-bond acceptors (Lipinski definition) is 3. The third-order valence-corrected chi connectivity index (χ3v) is 5.25. The van der Waals surface area contributed by atoms with Crippen molar-refractivity contribution in [2.45, 2.75) is 4.90 Å². The third kappa shape index (κ3) is 4.81. The Bertz CT molecular complexity index is 1100. The van der Waals surface area contributed by atoms with Gasteiger partial charge in [0.25, 0.3) is 10.0 Å². The second-order valence-electron chi connectivity index (χ2n) is 5.66. The lowest BCUT2D eigenvalue weighted by molar-refractivity contribution is 0.599. The molecule has 0 heterocycles. The molecule has 3 rings (SSSR count). The van der Waals surface area contributed by atoms with Crippen molar-refractivity contribution in [2.75, 3.05) is 15.4 Å². The number of sulfonamides is 1. The average molecular weight is 419 g/mol. The summed E-state index contributed by atoms with van der Waals surface area (Å²) in [5.74, 6) is -1.01. The normalized spacial score (nSPS) is 10.9. The van der Waals surface area contributed by atoms with Gasteiger partial charge in [-0.15, -0.1) is 0 Å². The van der Waals surface area contributed by atoms with E-state index >= 15 is 0 Å². The van der Waals surface area contributed by atoms with Crippen molar-refractivity contribution in [3.8, 4) is 0 Å². The lowest BCUT2D eigenvalue weighted by atomic mass is 10.3. The summed E-state index contributed by atoms with van der Waals surface area (Å²) < 4.78 is 54.3. The van der Waals surface area contributed by atoms with Crippen LogP contribution in [0.25, 0.3) is 0 Å². The summed E-state index contributed by atoms with van der Waals surface area (Å²) in [6.07, 6.45) is 0. The zero-order valence-electron chi connectivity index (χ0n) is 14.3. The van der Waals surface area contributed by atoms with Crippen LogP contribution in [0.4, 0.5) is 25.8 Å². The molecule has 0 saturated carbocycles. The number of halogens is 2. The molecular weight excluding hydrogens is 404 g/mol. The van der Waals surface area contributed by atoms with Crippen molar-refractivity contribution in [1.29, 1.82) is 0 Å². The van der Waals surface area contributed by atoms with E-state index in [1.54, 1.807) is 30.3 Å². The minimum atomic E-state index is -3.93. The van der Waals surface area contributed by atoms with Crippen LogP contribution in [0.3, 0.4) is 0 Å². The van der Waals surface area contributed by atoms with Gasteiger partial charge in [-0.25, -0.2) is 17.2 Å². The number of benzene rings is 3. The molecule has 0 aliphatic rings. The number of anilines is 3. The minimum Gasteiger partial charge on any atom is -0.331 e. The summed E-state index contributed by atoms with van der Waals surface area (Å²) in [5.41, 5.74) is 0.774. The maximum atomic E-state index is 13.7. The van der Waals surface area contributed by atoms with E-state index in [1.165, 1.54) is 18.2 Å². The molecule has 9 heteroatoms. The molecule has 28 heavy (non-hydrogen) atoms. The number of nitrogens with one attached hydrogen (secondary N) is 3. The summed E-state index contributed by atoms with van der Waals surface area (Å²) in [5, 5.41) is 5.63. The molecule has 0 spiro atoms. The van der Waals surface area contributed by atoms with E-state index in [1.807, 2.05) is 0 Å². The van der Waals surface area contributed by atoms with Crippen molar-refractivity contribution in [3.05, 3.63) is 84.4 Å². The molecule has 0 amide bonds. The summed E-state index contributed by atoms with van der Waals surface area (Å²) in [6.45, 7) is 0. The first-order chi connectivity index (χ1) is 13.3. The van der Waals surface area contributed by atoms with Crippen LogP contribution in [-0.2, 0) is 10.0 Å². The van der Waals surface area contributed by atoms with Crippen molar-refractivity contribution >= 4 is 44.4 Å². The van der Waals surface area contributed by atoms with Crippen LogP contribution in [0, 0.1) is 11.6 Å². The van der Waals surface area contributed by atoms with Crippen LogP contribution in [-0.4, -0.2) is 13.5 Å². The molecule has 3 N–H and O–H groups in total. The van der Waals surface area contributed by atoms with Gasteiger partial charge in [0.15, 0.2) is 5.11 Å². The van der Waals surface area contributed by atoms with Gasteiger partial charge in [-0.1, -0.05) is 24.3 Å². The van der Waals surface area contributed by atoms with Gasteiger partial charge in [-0.3, -0.25) is 4.72 Å². The molecule has 0 aliphatic heterocycles. The quantitative estimate of drug-likeness (QED) is 0.529. The highest BCUT2D eigenvalue weighted by Gasteiger charge is 2.16. The van der Waals surface area contributed by atoms with Gasteiger partial charge >= 0.3 is 0 Å². The second-order valence-corrected chi connectivity index (χ2v) is 7.75. The van der Waals surface area contributed by atoms with Gasteiger partial charge in [-0.05, 0) is 60.7 Å². The highest BCUT2D eigenvalue weighted by molar-refractivity contribution is 7.92. The first kappa shape index (κ1) is 19.7. The molecule has 0 radical (unpaired) electrons. The molecule has 0 aliphatic carbocycles. The minimum absolute atomic E-state index is 0.0820. The maximum Gasteiger partial charge on any atom is 0.261 e. The summed E-state index contributed by atoms with van der Waals surface area (Å²) in [6, 6.07) is 16.9. The number of hydrogen-bond donors (Lipinski definition) is 3. The Balaban J connectivity index is 1.78. The fourth-order valence-corrected chi connectivity index (χ4v) is 3.64. The Morgan fingerprint density at radius 1 is 0.750 bits per heavy atom. The Morgan fingerprint density at radius 3 is 1.93 bits per heavy atom.